The number of piperidine rings is 1. The molecule has 3 heterocycles. The third-order valence-electron chi connectivity index (χ3n) is 4.52. The molecule has 1 fully saturated rings. The monoisotopic (exact) mass is 421 g/mol. The Morgan fingerprint density at radius 1 is 1.29 bits per heavy atom. The summed E-state index contributed by atoms with van der Waals surface area (Å²) in [6.07, 6.45) is 4.75. The molecule has 1 aliphatic heterocycles. The van der Waals surface area contributed by atoms with Gasteiger partial charge < -0.3 is 10.2 Å². The van der Waals surface area contributed by atoms with Crippen molar-refractivity contribution < 1.29 is 9.18 Å². The Bertz CT molecular complexity index is 1090. The molecule has 0 spiro atoms. The number of amides is 1. The van der Waals surface area contributed by atoms with Gasteiger partial charge in [-0.25, -0.2) is 9.37 Å². The Hall–Kier alpha value is -2.52. The van der Waals surface area contributed by atoms with Crippen LogP contribution in [-0.2, 0) is 11.3 Å². The number of carbonyl (C=O) groups is 1. The van der Waals surface area contributed by atoms with Crippen LogP contribution >= 0.6 is 22.9 Å². The molecule has 1 aliphatic rings. The van der Waals surface area contributed by atoms with Crippen LogP contribution in [0.4, 0.5) is 15.2 Å². The first-order valence-electron chi connectivity index (χ1n) is 8.87. The number of thiazole rings is 1. The Morgan fingerprint density at radius 3 is 2.82 bits per heavy atom. The van der Waals surface area contributed by atoms with E-state index in [9.17, 15) is 14.0 Å². The fourth-order valence-electron chi connectivity index (χ4n) is 3.10. The quantitative estimate of drug-likeness (QED) is 0.699. The molecule has 0 aliphatic carbocycles. The summed E-state index contributed by atoms with van der Waals surface area (Å²) in [4.78, 5) is 35.9. The minimum atomic E-state index is -0.569. The standard InChI is InChI=1S/C18H17ClFN5O2S/c19-12-8-11(4-5-13(12)20)22-14(26)9-25-10-21-16-15(17(25)27)28-18(23-16)24-6-2-1-3-7-24/h4-5,8,10H,1-3,6-7,9H2,(H,22,26). The van der Waals surface area contributed by atoms with E-state index in [1.807, 2.05) is 0 Å². The van der Waals surface area contributed by atoms with Gasteiger partial charge in [0.25, 0.3) is 5.56 Å². The fourth-order valence-corrected chi connectivity index (χ4v) is 4.30. The summed E-state index contributed by atoms with van der Waals surface area (Å²) in [6, 6.07) is 3.88. The highest BCUT2D eigenvalue weighted by molar-refractivity contribution is 7.22. The second-order valence-corrected chi connectivity index (χ2v) is 7.94. The van der Waals surface area contributed by atoms with Gasteiger partial charge >= 0.3 is 0 Å². The Morgan fingerprint density at radius 2 is 2.07 bits per heavy atom. The van der Waals surface area contributed by atoms with Crippen LogP contribution in [0.25, 0.3) is 10.3 Å². The van der Waals surface area contributed by atoms with Gasteiger partial charge in [-0.05, 0) is 37.5 Å². The second-order valence-electron chi connectivity index (χ2n) is 6.55. The molecule has 0 radical (unpaired) electrons. The van der Waals surface area contributed by atoms with E-state index in [-0.39, 0.29) is 17.1 Å². The van der Waals surface area contributed by atoms with Crippen LogP contribution < -0.4 is 15.8 Å². The van der Waals surface area contributed by atoms with Crippen molar-refractivity contribution in [2.75, 3.05) is 23.3 Å². The van der Waals surface area contributed by atoms with Crippen LogP contribution in [0.5, 0.6) is 0 Å². The predicted molar refractivity (Wildman–Crippen MR) is 108 cm³/mol. The summed E-state index contributed by atoms with van der Waals surface area (Å²) in [6.45, 7) is 1.64. The van der Waals surface area contributed by atoms with Gasteiger partial charge in [0, 0.05) is 18.8 Å². The molecule has 1 N–H and O–H groups in total. The Labute approximate surface area is 168 Å². The van der Waals surface area contributed by atoms with Crippen molar-refractivity contribution in [1.82, 2.24) is 14.5 Å². The zero-order valence-electron chi connectivity index (χ0n) is 14.8. The van der Waals surface area contributed by atoms with Crippen LogP contribution in [0.15, 0.2) is 29.3 Å². The maximum absolute atomic E-state index is 13.2. The van der Waals surface area contributed by atoms with Gasteiger partial charge in [0.1, 0.15) is 23.4 Å². The van der Waals surface area contributed by atoms with Gasteiger partial charge in [-0.15, -0.1) is 0 Å². The molecule has 0 atom stereocenters. The number of fused-ring (bicyclic) bond motifs is 1. The first-order valence-corrected chi connectivity index (χ1v) is 10.1. The molecule has 3 aromatic rings. The van der Waals surface area contributed by atoms with Gasteiger partial charge in [-0.2, -0.15) is 4.98 Å². The molecule has 7 nitrogen and oxygen atoms in total. The second kappa shape index (κ2) is 7.84. The SMILES string of the molecule is O=C(Cn1cnc2nc(N3CCCCC3)sc2c1=O)Nc1ccc(F)c(Cl)c1. The van der Waals surface area contributed by atoms with Gasteiger partial charge in [0.15, 0.2) is 10.8 Å². The minimum absolute atomic E-state index is 0.0899. The molecular formula is C18H17ClFN5O2S. The summed E-state index contributed by atoms with van der Waals surface area (Å²) in [7, 11) is 0. The van der Waals surface area contributed by atoms with Gasteiger partial charge in [0.05, 0.1) is 5.02 Å². The average molecular weight is 422 g/mol. The molecule has 1 saturated heterocycles. The van der Waals surface area contributed by atoms with Crippen molar-refractivity contribution in [1.29, 1.82) is 0 Å². The number of carbonyl (C=O) groups excluding carboxylic acids is 1. The summed E-state index contributed by atoms with van der Waals surface area (Å²) in [5, 5.41) is 3.30. The molecule has 146 valence electrons. The normalized spacial score (nSPS) is 14.4. The topological polar surface area (TPSA) is 80.1 Å². The van der Waals surface area contributed by atoms with E-state index in [1.165, 1.54) is 40.8 Å². The van der Waals surface area contributed by atoms with Gasteiger partial charge in [-0.1, -0.05) is 22.9 Å². The molecular weight excluding hydrogens is 405 g/mol. The van der Waals surface area contributed by atoms with E-state index in [4.69, 9.17) is 11.6 Å². The highest BCUT2D eigenvalue weighted by Crippen LogP contribution is 2.27. The van der Waals surface area contributed by atoms with E-state index < -0.39 is 11.7 Å². The van der Waals surface area contributed by atoms with Crippen LogP contribution in [0.1, 0.15) is 19.3 Å². The lowest BCUT2D eigenvalue weighted by Crippen LogP contribution is -2.29. The predicted octanol–water partition coefficient (Wildman–Crippen LogP) is 3.27. The Balaban J connectivity index is 1.53. The lowest BCUT2D eigenvalue weighted by atomic mass is 10.1. The molecule has 10 heteroatoms. The number of anilines is 2. The number of nitrogens with one attached hydrogen (secondary N) is 1. The van der Waals surface area contributed by atoms with Crippen LogP contribution in [-0.4, -0.2) is 33.5 Å². The number of hydrogen-bond donors (Lipinski definition) is 1. The van der Waals surface area contributed by atoms with Crippen LogP contribution in [0.3, 0.4) is 0 Å². The van der Waals surface area contributed by atoms with E-state index in [0.29, 0.717) is 16.0 Å². The number of rotatable bonds is 4. The lowest BCUT2D eigenvalue weighted by Gasteiger charge is -2.25. The molecule has 0 unspecified atom stereocenters. The molecule has 4 rings (SSSR count). The minimum Gasteiger partial charge on any atom is -0.348 e. The zero-order chi connectivity index (χ0) is 19.7. The molecule has 0 bridgehead atoms. The van der Waals surface area contributed by atoms with Crippen molar-refractivity contribution in [3.63, 3.8) is 0 Å². The van der Waals surface area contributed by atoms with Crippen molar-refractivity contribution in [3.8, 4) is 0 Å². The largest absolute Gasteiger partial charge is 0.348 e. The molecule has 1 amide bonds. The fraction of sp³-hybridized carbons (Fsp3) is 0.333. The number of hydrogen-bond acceptors (Lipinski definition) is 6. The summed E-state index contributed by atoms with van der Waals surface area (Å²) in [5.41, 5.74) is 0.444. The summed E-state index contributed by atoms with van der Waals surface area (Å²) >= 11 is 7.02. The number of benzene rings is 1. The molecule has 1 aromatic carbocycles. The first-order chi connectivity index (χ1) is 13.5. The highest BCUT2D eigenvalue weighted by Gasteiger charge is 2.18. The third-order valence-corrected chi connectivity index (χ3v) is 5.90. The van der Waals surface area contributed by atoms with Crippen LogP contribution in [0, 0.1) is 5.82 Å². The molecule has 28 heavy (non-hydrogen) atoms. The van der Waals surface area contributed by atoms with Gasteiger partial charge in [0.2, 0.25) is 5.91 Å². The van der Waals surface area contributed by atoms with E-state index in [2.05, 4.69) is 20.2 Å². The van der Waals surface area contributed by atoms with E-state index in [0.717, 1.165) is 37.1 Å². The smallest absolute Gasteiger partial charge is 0.273 e. The zero-order valence-corrected chi connectivity index (χ0v) is 16.4. The summed E-state index contributed by atoms with van der Waals surface area (Å²) < 4.78 is 14.9. The molecule has 2 aromatic heterocycles. The van der Waals surface area contributed by atoms with E-state index >= 15 is 0 Å². The maximum atomic E-state index is 13.2. The van der Waals surface area contributed by atoms with Crippen molar-refractivity contribution >= 4 is 50.0 Å². The van der Waals surface area contributed by atoms with Crippen molar-refractivity contribution in [2.24, 2.45) is 0 Å². The highest BCUT2D eigenvalue weighted by atomic mass is 35.5. The van der Waals surface area contributed by atoms with Crippen LogP contribution in [0.2, 0.25) is 5.02 Å². The Kier molecular flexibility index (Phi) is 5.27. The molecule has 0 saturated carbocycles. The van der Waals surface area contributed by atoms with E-state index in [1.54, 1.807) is 0 Å². The average Bonchev–Trinajstić information content (AvgIpc) is 3.13. The number of aromatic nitrogens is 3. The number of halogens is 2. The van der Waals surface area contributed by atoms with Gasteiger partial charge in [-0.3, -0.25) is 14.2 Å². The van der Waals surface area contributed by atoms with Crippen molar-refractivity contribution in [3.05, 3.63) is 45.7 Å². The third kappa shape index (κ3) is 3.85. The van der Waals surface area contributed by atoms with Crippen molar-refractivity contribution in [2.45, 2.75) is 25.8 Å². The summed E-state index contributed by atoms with van der Waals surface area (Å²) in [5.74, 6) is -1.01. The lowest BCUT2D eigenvalue weighted by molar-refractivity contribution is -0.116. The maximum Gasteiger partial charge on any atom is 0.273 e. The number of nitrogens with zero attached hydrogens (tertiary/aromatic N) is 4. The first kappa shape index (κ1) is 18.8.